The van der Waals surface area contributed by atoms with Crippen molar-refractivity contribution in [1.82, 2.24) is 19.8 Å². The number of amides is 2. The molecule has 8 heteroatoms. The number of methoxy groups -OCH3 is 1. The molecule has 0 unspecified atom stereocenters. The van der Waals surface area contributed by atoms with Crippen LogP contribution >= 0.6 is 0 Å². The summed E-state index contributed by atoms with van der Waals surface area (Å²) in [4.78, 5) is 32.2. The molecule has 3 heterocycles. The lowest BCUT2D eigenvalue weighted by atomic mass is 10.1. The summed E-state index contributed by atoms with van der Waals surface area (Å²) in [6.45, 7) is 3.22. The van der Waals surface area contributed by atoms with E-state index in [4.69, 9.17) is 9.47 Å². The van der Waals surface area contributed by atoms with Crippen molar-refractivity contribution < 1.29 is 19.1 Å². The number of imidazole rings is 1. The summed E-state index contributed by atoms with van der Waals surface area (Å²) in [6, 6.07) is 7.56. The average molecular weight is 398 g/mol. The van der Waals surface area contributed by atoms with Crippen molar-refractivity contribution in [3.05, 3.63) is 47.0 Å². The molecule has 0 saturated carbocycles. The molecule has 0 spiro atoms. The minimum Gasteiger partial charge on any atom is -0.496 e. The van der Waals surface area contributed by atoms with Crippen LogP contribution in [0.25, 0.3) is 0 Å². The number of carbonyl (C=O) groups excluding carboxylic acids is 2. The number of morpholine rings is 1. The SMILES string of the molecule is COc1ccccc1CNC(=O)c1nc(C(=O)N2CCOCC2)n2c1CCCC2. The van der Waals surface area contributed by atoms with E-state index in [0.29, 0.717) is 50.9 Å². The van der Waals surface area contributed by atoms with Crippen molar-refractivity contribution in [2.45, 2.75) is 32.4 Å². The fourth-order valence-corrected chi connectivity index (χ4v) is 3.90. The number of rotatable bonds is 5. The van der Waals surface area contributed by atoms with Gasteiger partial charge in [0.2, 0.25) is 0 Å². The zero-order chi connectivity index (χ0) is 20.2. The van der Waals surface area contributed by atoms with Crippen LogP contribution in [-0.4, -0.2) is 59.7 Å². The second kappa shape index (κ2) is 8.65. The van der Waals surface area contributed by atoms with Gasteiger partial charge in [-0.1, -0.05) is 18.2 Å². The first kappa shape index (κ1) is 19.4. The van der Waals surface area contributed by atoms with E-state index < -0.39 is 0 Å². The molecule has 154 valence electrons. The van der Waals surface area contributed by atoms with Gasteiger partial charge in [-0.2, -0.15) is 0 Å². The molecule has 8 nitrogen and oxygen atoms in total. The van der Waals surface area contributed by atoms with Gasteiger partial charge in [0.25, 0.3) is 11.8 Å². The molecule has 4 rings (SSSR count). The van der Waals surface area contributed by atoms with E-state index in [-0.39, 0.29) is 11.8 Å². The van der Waals surface area contributed by atoms with Gasteiger partial charge in [0, 0.05) is 31.7 Å². The maximum atomic E-state index is 13.0. The maximum absolute atomic E-state index is 13.0. The molecule has 2 aromatic rings. The van der Waals surface area contributed by atoms with Crippen molar-refractivity contribution in [3.63, 3.8) is 0 Å². The molecule has 29 heavy (non-hydrogen) atoms. The molecule has 2 aliphatic rings. The smallest absolute Gasteiger partial charge is 0.290 e. The number of hydrogen-bond acceptors (Lipinski definition) is 5. The van der Waals surface area contributed by atoms with Crippen LogP contribution in [0.1, 0.15) is 45.2 Å². The van der Waals surface area contributed by atoms with E-state index in [0.717, 1.165) is 36.3 Å². The van der Waals surface area contributed by atoms with Crippen molar-refractivity contribution in [3.8, 4) is 5.75 Å². The van der Waals surface area contributed by atoms with E-state index in [1.807, 2.05) is 28.8 Å². The number of aromatic nitrogens is 2. The molecule has 1 aromatic carbocycles. The summed E-state index contributed by atoms with van der Waals surface area (Å²) in [5.41, 5.74) is 2.10. The molecule has 1 N–H and O–H groups in total. The molecule has 1 aromatic heterocycles. The molecule has 2 aliphatic heterocycles. The highest BCUT2D eigenvalue weighted by atomic mass is 16.5. The number of hydrogen-bond donors (Lipinski definition) is 1. The molecule has 0 radical (unpaired) electrons. The third-order valence-corrected chi connectivity index (χ3v) is 5.45. The lowest BCUT2D eigenvalue weighted by Gasteiger charge is -2.27. The van der Waals surface area contributed by atoms with Crippen molar-refractivity contribution in [2.75, 3.05) is 33.4 Å². The standard InChI is InChI=1S/C21H26N4O4/c1-28-17-8-3-2-6-15(17)14-22-20(26)18-16-7-4-5-9-25(16)19(23-18)21(27)24-10-12-29-13-11-24/h2-3,6,8H,4-5,7,9-14H2,1H3,(H,22,26). The second-order valence-electron chi connectivity index (χ2n) is 7.24. The van der Waals surface area contributed by atoms with Gasteiger partial charge in [-0.3, -0.25) is 9.59 Å². The van der Waals surface area contributed by atoms with E-state index in [2.05, 4.69) is 10.3 Å². The normalized spacial score (nSPS) is 16.2. The summed E-state index contributed by atoms with van der Waals surface area (Å²) in [7, 11) is 1.61. The Bertz CT molecular complexity index is 902. The van der Waals surface area contributed by atoms with E-state index in [1.165, 1.54) is 0 Å². The number of ether oxygens (including phenoxy) is 2. The van der Waals surface area contributed by atoms with Crippen molar-refractivity contribution in [2.24, 2.45) is 0 Å². The van der Waals surface area contributed by atoms with Crippen LogP contribution in [-0.2, 0) is 24.2 Å². The molecular formula is C21H26N4O4. The van der Waals surface area contributed by atoms with Crippen LogP contribution in [0.5, 0.6) is 5.75 Å². The fraction of sp³-hybridized carbons (Fsp3) is 0.476. The Hall–Kier alpha value is -2.87. The Balaban J connectivity index is 1.56. The maximum Gasteiger partial charge on any atom is 0.290 e. The van der Waals surface area contributed by atoms with Gasteiger partial charge < -0.3 is 24.3 Å². The first-order valence-corrected chi connectivity index (χ1v) is 10.1. The van der Waals surface area contributed by atoms with Crippen LogP contribution in [0.3, 0.4) is 0 Å². The number of benzene rings is 1. The quantitative estimate of drug-likeness (QED) is 0.827. The van der Waals surface area contributed by atoms with Gasteiger partial charge in [0.15, 0.2) is 5.82 Å². The summed E-state index contributed by atoms with van der Waals surface area (Å²) < 4.78 is 12.6. The largest absolute Gasteiger partial charge is 0.496 e. The number of fused-ring (bicyclic) bond motifs is 1. The summed E-state index contributed by atoms with van der Waals surface area (Å²) >= 11 is 0. The average Bonchev–Trinajstić information content (AvgIpc) is 3.17. The highest BCUT2D eigenvalue weighted by Crippen LogP contribution is 2.23. The Labute approximate surface area is 169 Å². The molecular weight excluding hydrogens is 372 g/mol. The topological polar surface area (TPSA) is 85.7 Å². The Morgan fingerprint density at radius 1 is 1.17 bits per heavy atom. The van der Waals surface area contributed by atoms with Gasteiger partial charge in [0.05, 0.1) is 26.0 Å². The van der Waals surface area contributed by atoms with Crippen molar-refractivity contribution in [1.29, 1.82) is 0 Å². The Kier molecular flexibility index (Phi) is 5.80. The van der Waals surface area contributed by atoms with Gasteiger partial charge in [-0.05, 0) is 25.3 Å². The lowest BCUT2D eigenvalue weighted by Crippen LogP contribution is -2.42. The van der Waals surface area contributed by atoms with Crippen LogP contribution in [0, 0.1) is 0 Å². The minimum atomic E-state index is -0.261. The number of nitrogens with zero attached hydrogens (tertiary/aromatic N) is 3. The number of nitrogens with one attached hydrogen (secondary N) is 1. The van der Waals surface area contributed by atoms with Gasteiger partial charge in [0.1, 0.15) is 11.4 Å². The molecule has 0 atom stereocenters. The van der Waals surface area contributed by atoms with Crippen LogP contribution in [0.15, 0.2) is 24.3 Å². The predicted molar refractivity (Wildman–Crippen MR) is 106 cm³/mol. The Morgan fingerprint density at radius 2 is 1.97 bits per heavy atom. The monoisotopic (exact) mass is 398 g/mol. The first-order chi connectivity index (χ1) is 14.2. The predicted octanol–water partition coefficient (Wildman–Crippen LogP) is 1.63. The van der Waals surface area contributed by atoms with Gasteiger partial charge >= 0.3 is 0 Å². The zero-order valence-corrected chi connectivity index (χ0v) is 16.6. The molecule has 0 aliphatic carbocycles. The molecule has 2 amide bonds. The van der Waals surface area contributed by atoms with Crippen LogP contribution in [0.2, 0.25) is 0 Å². The number of carbonyl (C=O) groups is 2. The van der Waals surface area contributed by atoms with Gasteiger partial charge in [-0.25, -0.2) is 4.98 Å². The summed E-state index contributed by atoms with van der Waals surface area (Å²) in [5, 5.41) is 2.93. The van der Waals surface area contributed by atoms with Gasteiger partial charge in [-0.15, -0.1) is 0 Å². The van der Waals surface area contributed by atoms with E-state index in [1.54, 1.807) is 12.0 Å². The summed E-state index contributed by atoms with van der Waals surface area (Å²) in [5.74, 6) is 0.703. The molecule has 0 bridgehead atoms. The third-order valence-electron chi connectivity index (χ3n) is 5.45. The minimum absolute atomic E-state index is 0.125. The lowest BCUT2D eigenvalue weighted by molar-refractivity contribution is 0.0291. The highest BCUT2D eigenvalue weighted by Gasteiger charge is 2.30. The number of para-hydroxylation sites is 1. The van der Waals surface area contributed by atoms with E-state index >= 15 is 0 Å². The zero-order valence-electron chi connectivity index (χ0n) is 16.6. The summed E-state index contributed by atoms with van der Waals surface area (Å²) in [6.07, 6.45) is 2.72. The fourth-order valence-electron chi connectivity index (χ4n) is 3.90. The third kappa shape index (κ3) is 3.98. The van der Waals surface area contributed by atoms with Crippen molar-refractivity contribution >= 4 is 11.8 Å². The van der Waals surface area contributed by atoms with Crippen LogP contribution in [0.4, 0.5) is 0 Å². The van der Waals surface area contributed by atoms with Crippen LogP contribution < -0.4 is 10.1 Å². The first-order valence-electron chi connectivity index (χ1n) is 10.1. The molecule has 1 saturated heterocycles. The van der Waals surface area contributed by atoms with E-state index in [9.17, 15) is 9.59 Å². The Morgan fingerprint density at radius 3 is 2.76 bits per heavy atom. The highest BCUT2D eigenvalue weighted by molar-refractivity contribution is 5.97. The second-order valence-corrected chi connectivity index (χ2v) is 7.24. The molecule has 1 fully saturated rings.